The molecule has 2 heterocycles. The maximum atomic E-state index is 12.4. The third kappa shape index (κ3) is 5.93. The summed E-state index contributed by atoms with van der Waals surface area (Å²) in [5.74, 6) is 2.04. The highest BCUT2D eigenvalue weighted by Gasteiger charge is 2.13. The Balaban J connectivity index is 1.47. The molecule has 1 N–H and O–H groups in total. The van der Waals surface area contributed by atoms with E-state index in [1.807, 2.05) is 52.0 Å². The van der Waals surface area contributed by atoms with Gasteiger partial charge in [-0.2, -0.15) is 10.1 Å². The van der Waals surface area contributed by atoms with Crippen LogP contribution in [0.3, 0.4) is 0 Å². The molecule has 0 unspecified atom stereocenters. The first-order chi connectivity index (χ1) is 16.6. The van der Waals surface area contributed by atoms with Gasteiger partial charge in [0.05, 0.1) is 11.1 Å². The van der Waals surface area contributed by atoms with Gasteiger partial charge in [-0.3, -0.25) is 4.72 Å². The molecular weight excluding hydrogens is 462 g/mol. The van der Waals surface area contributed by atoms with E-state index in [2.05, 4.69) is 19.8 Å². The first kappa shape index (κ1) is 24.2. The van der Waals surface area contributed by atoms with Crippen molar-refractivity contribution < 1.29 is 13.2 Å². The number of nitrogens with one attached hydrogen (secondary N) is 1. The number of aromatic nitrogens is 4. The Morgan fingerprint density at radius 2 is 1.60 bits per heavy atom. The van der Waals surface area contributed by atoms with Gasteiger partial charge in [0, 0.05) is 17.4 Å². The van der Waals surface area contributed by atoms with E-state index in [4.69, 9.17) is 4.74 Å². The highest BCUT2D eigenvalue weighted by molar-refractivity contribution is 7.95. The van der Waals surface area contributed by atoms with Gasteiger partial charge in [-0.05, 0) is 76.1 Å². The summed E-state index contributed by atoms with van der Waals surface area (Å²) in [7, 11) is -3.66. The topological polar surface area (TPSA) is 99.0 Å². The molecule has 0 aliphatic carbocycles. The van der Waals surface area contributed by atoms with Crippen molar-refractivity contribution in [1.82, 2.24) is 19.7 Å². The monoisotopic (exact) mass is 489 g/mol. The summed E-state index contributed by atoms with van der Waals surface area (Å²) in [5, 5.41) is 5.70. The predicted octanol–water partition coefficient (Wildman–Crippen LogP) is 5.41. The van der Waals surface area contributed by atoms with Gasteiger partial charge >= 0.3 is 0 Å². The first-order valence-electron chi connectivity index (χ1n) is 11.0. The average molecular weight is 490 g/mol. The standard InChI is InChI=1S/C26H27N5O3S/c1-17-6-8-22(9-7-17)14-15-35(32,33)30-23-10-12-24(13-11-23)34-26-16-25(27-21(5)28-26)31-20(4)18(2)19(3)29-31/h6-16,30H,1-5H3/b15-14+. The maximum Gasteiger partial charge on any atom is 0.255 e. The van der Waals surface area contributed by atoms with E-state index in [-0.39, 0.29) is 0 Å². The minimum absolute atomic E-state index is 0.368. The lowest BCUT2D eigenvalue weighted by Gasteiger charge is -2.10. The van der Waals surface area contributed by atoms with Crippen LogP contribution in [0.15, 0.2) is 60.0 Å². The van der Waals surface area contributed by atoms with Crippen molar-refractivity contribution in [1.29, 1.82) is 0 Å². The number of benzene rings is 2. The van der Waals surface area contributed by atoms with Crippen LogP contribution in [0.25, 0.3) is 11.9 Å². The number of nitrogens with zero attached hydrogens (tertiary/aromatic N) is 4. The van der Waals surface area contributed by atoms with E-state index in [1.54, 1.807) is 48.0 Å². The van der Waals surface area contributed by atoms with Crippen LogP contribution >= 0.6 is 0 Å². The Morgan fingerprint density at radius 3 is 2.23 bits per heavy atom. The molecule has 8 nitrogen and oxygen atoms in total. The lowest BCUT2D eigenvalue weighted by molar-refractivity contribution is 0.459. The van der Waals surface area contributed by atoms with Crippen LogP contribution in [0.4, 0.5) is 5.69 Å². The number of aryl methyl sites for hydroxylation is 3. The molecule has 0 fully saturated rings. The van der Waals surface area contributed by atoms with Crippen molar-refractivity contribution >= 4 is 21.8 Å². The molecule has 0 atom stereocenters. The molecule has 2 aromatic heterocycles. The molecule has 0 aliphatic rings. The fraction of sp³-hybridized carbons (Fsp3) is 0.192. The van der Waals surface area contributed by atoms with E-state index in [0.717, 1.165) is 33.5 Å². The number of sulfonamides is 1. The smallest absolute Gasteiger partial charge is 0.255 e. The number of hydrogen-bond acceptors (Lipinski definition) is 6. The number of anilines is 1. The van der Waals surface area contributed by atoms with Crippen LogP contribution in [0.1, 0.15) is 33.9 Å². The summed E-state index contributed by atoms with van der Waals surface area (Å²) >= 11 is 0. The highest BCUT2D eigenvalue weighted by Crippen LogP contribution is 2.25. The fourth-order valence-electron chi connectivity index (χ4n) is 3.39. The minimum Gasteiger partial charge on any atom is -0.439 e. The molecule has 4 aromatic rings. The first-order valence-corrected chi connectivity index (χ1v) is 12.6. The van der Waals surface area contributed by atoms with Gasteiger partial charge in [0.2, 0.25) is 5.88 Å². The molecule has 180 valence electrons. The maximum absolute atomic E-state index is 12.4. The second-order valence-corrected chi connectivity index (χ2v) is 9.87. The van der Waals surface area contributed by atoms with Gasteiger partial charge in [-0.15, -0.1) is 0 Å². The van der Waals surface area contributed by atoms with Crippen molar-refractivity contribution in [2.24, 2.45) is 0 Å². The molecule has 0 saturated carbocycles. The minimum atomic E-state index is -3.66. The van der Waals surface area contributed by atoms with E-state index < -0.39 is 10.0 Å². The Hall–Kier alpha value is -3.98. The van der Waals surface area contributed by atoms with Gasteiger partial charge in [0.15, 0.2) is 5.82 Å². The Bertz CT molecular complexity index is 1490. The molecule has 2 aromatic carbocycles. The van der Waals surface area contributed by atoms with Crippen LogP contribution < -0.4 is 9.46 Å². The van der Waals surface area contributed by atoms with Crippen LogP contribution in [0.5, 0.6) is 11.6 Å². The van der Waals surface area contributed by atoms with Crippen LogP contribution in [0.2, 0.25) is 0 Å². The normalized spacial score (nSPS) is 11.7. The van der Waals surface area contributed by atoms with Crippen molar-refractivity contribution in [3.05, 3.63) is 93.9 Å². The third-order valence-electron chi connectivity index (χ3n) is 5.52. The predicted molar refractivity (Wildman–Crippen MR) is 137 cm³/mol. The Labute approximate surface area is 205 Å². The average Bonchev–Trinajstić information content (AvgIpc) is 3.07. The second-order valence-electron chi connectivity index (χ2n) is 8.31. The molecule has 4 rings (SSSR count). The van der Waals surface area contributed by atoms with Gasteiger partial charge in [-0.25, -0.2) is 18.1 Å². The summed E-state index contributed by atoms with van der Waals surface area (Å²) in [5.41, 5.74) is 5.38. The van der Waals surface area contributed by atoms with E-state index >= 15 is 0 Å². The summed E-state index contributed by atoms with van der Waals surface area (Å²) < 4.78 is 35.1. The van der Waals surface area contributed by atoms with E-state index in [0.29, 0.717) is 29.0 Å². The van der Waals surface area contributed by atoms with Crippen LogP contribution in [-0.4, -0.2) is 28.2 Å². The largest absolute Gasteiger partial charge is 0.439 e. The quantitative estimate of drug-likeness (QED) is 0.373. The molecule has 0 spiro atoms. The van der Waals surface area contributed by atoms with E-state index in [1.165, 1.54) is 0 Å². The fourth-order valence-corrected chi connectivity index (χ4v) is 4.25. The molecule has 35 heavy (non-hydrogen) atoms. The SMILES string of the molecule is Cc1ccc(/C=C/S(=O)(=O)Nc2ccc(Oc3cc(-n4nc(C)c(C)c4C)nc(C)n3)cc2)cc1. The summed E-state index contributed by atoms with van der Waals surface area (Å²) in [4.78, 5) is 8.84. The van der Waals surface area contributed by atoms with Crippen molar-refractivity contribution in [2.45, 2.75) is 34.6 Å². The van der Waals surface area contributed by atoms with Crippen molar-refractivity contribution in [2.75, 3.05) is 4.72 Å². The van der Waals surface area contributed by atoms with Crippen LogP contribution in [0, 0.1) is 34.6 Å². The molecule has 9 heteroatoms. The second kappa shape index (κ2) is 9.71. The summed E-state index contributed by atoms with van der Waals surface area (Å²) in [6, 6.07) is 15.9. The molecule has 0 amide bonds. The lowest BCUT2D eigenvalue weighted by Crippen LogP contribution is -2.08. The van der Waals surface area contributed by atoms with Crippen molar-refractivity contribution in [3.8, 4) is 17.4 Å². The number of hydrogen-bond donors (Lipinski definition) is 1. The van der Waals surface area contributed by atoms with Crippen LogP contribution in [-0.2, 0) is 10.0 Å². The van der Waals surface area contributed by atoms with Gasteiger partial charge in [-0.1, -0.05) is 29.8 Å². The zero-order valence-electron chi connectivity index (χ0n) is 20.3. The summed E-state index contributed by atoms with van der Waals surface area (Å²) in [6.07, 6.45) is 1.55. The number of ether oxygens (including phenoxy) is 1. The van der Waals surface area contributed by atoms with E-state index in [9.17, 15) is 8.42 Å². The highest BCUT2D eigenvalue weighted by atomic mass is 32.2. The molecular formula is C26H27N5O3S. The third-order valence-corrected chi connectivity index (χ3v) is 6.54. The molecule has 0 aliphatic heterocycles. The Morgan fingerprint density at radius 1 is 0.914 bits per heavy atom. The number of rotatable bonds is 7. The molecule has 0 radical (unpaired) electrons. The summed E-state index contributed by atoms with van der Waals surface area (Å²) in [6.45, 7) is 9.73. The Kier molecular flexibility index (Phi) is 6.70. The van der Waals surface area contributed by atoms with Gasteiger partial charge in [0.25, 0.3) is 10.0 Å². The zero-order valence-corrected chi connectivity index (χ0v) is 21.1. The molecule has 0 saturated heterocycles. The molecule has 0 bridgehead atoms. The van der Waals surface area contributed by atoms with Gasteiger partial charge in [0.1, 0.15) is 11.6 Å². The lowest BCUT2D eigenvalue weighted by atomic mass is 10.2. The van der Waals surface area contributed by atoms with Crippen molar-refractivity contribution in [3.63, 3.8) is 0 Å². The van der Waals surface area contributed by atoms with Gasteiger partial charge < -0.3 is 4.74 Å². The zero-order chi connectivity index (χ0) is 25.2.